The number of hydrogen-bond donors (Lipinski definition) is 1. The maximum absolute atomic E-state index is 11.8. The summed E-state index contributed by atoms with van der Waals surface area (Å²) in [4.78, 5) is 16.2. The molecule has 1 amide bonds. The minimum Gasteiger partial charge on any atom is -0.530 e. The van der Waals surface area contributed by atoms with Gasteiger partial charge in [0.2, 0.25) is 4.91 Å². The molecule has 0 aromatic heterocycles. The maximum atomic E-state index is 11.8. The van der Waals surface area contributed by atoms with Crippen molar-refractivity contribution in [1.29, 1.82) is 5.53 Å². The number of likely N-dealkylation sites (tertiary alicyclic amines) is 1. The molecule has 0 saturated carbocycles. The van der Waals surface area contributed by atoms with E-state index in [1.807, 2.05) is 20.8 Å². The van der Waals surface area contributed by atoms with Gasteiger partial charge in [0.15, 0.2) is 14.4 Å². The van der Waals surface area contributed by atoms with Gasteiger partial charge >= 0.3 is 0 Å². The highest BCUT2D eigenvalue weighted by molar-refractivity contribution is 6.74. The second-order valence-corrected chi connectivity index (χ2v) is 14.1. The van der Waals surface area contributed by atoms with Crippen LogP contribution in [0.25, 0.3) is 0 Å². The number of nitrogens with one attached hydrogen (secondary N) is 1. The van der Waals surface area contributed by atoms with Crippen molar-refractivity contribution >= 4 is 14.4 Å². The molecule has 1 aliphatic rings. The Hall–Kier alpha value is -1.24. The highest BCUT2D eigenvalue weighted by Gasteiger charge is 2.55. The molecule has 24 heavy (non-hydrogen) atoms. The Kier molecular flexibility index (Phi) is 5.70. The zero-order valence-corrected chi connectivity index (χ0v) is 17.3. The predicted octanol–water partition coefficient (Wildman–Crippen LogP) is 2.76. The van der Waals surface area contributed by atoms with Crippen molar-refractivity contribution in [2.75, 3.05) is 13.2 Å². The summed E-state index contributed by atoms with van der Waals surface area (Å²) >= 11 is 0. The van der Waals surface area contributed by atoms with Gasteiger partial charge in [0, 0.05) is 13.0 Å². The van der Waals surface area contributed by atoms with Crippen LogP contribution in [0.4, 0.5) is 4.79 Å². The first-order valence-electron chi connectivity index (χ1n) is 8.37. The number of nitrogens with zero attached hydrogens (tertiary/aromatic N) is 3. The Labute approximate surface area is 146 Å². The van der Waals surface area contributed by atoms with Crippen LogP contribution in [-0.2, 0) is 4.43 Å². The number of rotatable bonds is 4. The lowest BCUT2D eigenvalue weighted by atomic mass is 9.72. The molecule has 138 valence electrons. The Morgan fingerprint density at radius 1 is 1.38 bits per heavy atom. The number of carboxylic acid groups (broad SMARTS) is 1. The quantitative estimate of drug-likeness (QED) is 0.476. The number of hydrogen-bond acceptors (Lipinski definition) is 5. The molecule has 2 atom stereocenters. The van der Waals surface area contributed by atoms with Gasteiger partial charge < -0.3 is 19.2 Å². The first-order valence-corrected chi connectivity index (χ1v) is 11.3. The van der Waals surface area contributed by atoms with E-state index < -0.39 is 19.9 Å². The first kappa shape index (κ1) is 20.8. The fourth-order valence-corrected chi connectivity index (χ4v) is 3.97. The van der Waals surface area contributed by atoms with Gasteiger partial charge in [0.25, 0.3) is 0 Å². The van der Waals surface area contributed by atoms with Crippen molar-refractivity contribution in [2.45, 2.75) is 77.7 Å². The number of amides is 1. The lowest BCUT2D eigenvalue weighted by Gasteiger charge is -2.51. The van der Waals surface area contributed by atoms with Crippen LogP contribution in [0.15, 0.2) is 5.11 Å². The van der Waals surface area contributed by atoms with Crippen LogP contribution in [0, 0.1) is 10.9 Å². The zero-order chi connectivity index (χ0) is 19.0. The first-order chi connectivity index (χ1) is 10.7. The molecular formula is C16H32N4O3Si. The van der Waals surface area contributed by atoms with Gasteiger partial charge in [-0.1, -0.05) is 41.5 Å². The second kappa shape index (κ2) is 6.58. The monoisotopic (exact) mass is 356 g/mol. The van der Waals surface area contributed by atoms with Gasteiger partial charge in [0.05, 0.1) is 12.1 Å². The van der Waals surface area contributed by atoms with Gasteiger partial charge in [0.1, 0.15) is 16.7 Å². The Balaban J connectivity index is 3.24. The highest BCUT2D eigenvalue weighted by atomic mass is 28.4. The van der Waals surface area contributed by atoms with E-state index in [4.69, 9.17) is 9.96 Å². The van der Waals surface area contributed by atoms with E-state index >= 15 is 0 Å². The predicted molar refractivity (Wildman–Crippen MR) is 93.1 cm³/mol. The standard InChI is InChI=1S/C16H32N4O3Si/c1-14(2,3)16(11-23-24(7,8)15(4,5)6)9-12(18-19-17)10-20(16)13(21)22/h12,17H,9-11H2,1-8H3/t12-,16+/m0/s1. The molecule has 0 radical (unpaired) electrons. The highest BCUT2D eigenvalue weighted by Crippen LogP contribution is 2.46. The van der Waals surface area contributed by atoms with Crippen LogP contribution in [0.5, 0.6) is 0 Å². The molecule has 1 rings (SSSR count). The molecule has 0 spiro atoms. The van der Waals surface area contributed by atoms with E-state index in [0.29, 0.717) is 13.0 Å². The summed E-state index contributed by atoms with van der Waals surface area (Å²) in [6.45, 7) is 17.3. The molecule has 0 aromatic rings. The molecule has 8 heteroatoms. The fourth-order valence-electron chi connectivity index (χ4n) is 2.94. The molecule has 1 saturated heterocycles. The zero-order valence-electron chi connectivity index (χ0n) is 16.3. The Morgan fingerprint density at radius 2 is 1.92 bits per heavy atom. The van der Waals surface area contributed by atoms with E-state index in [0.717, 1.165) is 0 Å². The molecule has 0 unspecified atom stereocenters. The van der Waals surface area contributed by atoms with Crippen molar-refractivity contribution in [2.24, 2.45) is 10.5 Å². The fraction of sp³-hybridized carbons (Fsp3) is 0.938. The van der Waals surface area contributed by atoms with Crippen LogP contribution in [0.2, 0.25) is 18.1 Å². The third-order valence-corrected chi connectivity index (χ3v) is 10.3. The third kappa shape index (κ3) is 3.87. The Morgan fingerprint density at radius 3 is 2.29 bits per heavy atom. The maximum Gasteiger partial charge on any atom is 0.214 e. The van der Waals surface area contributed by atoms with E-state index in [-0.39, 0.29) is 23.0 Å². The average Bonchev–Trinajstić information content (AvgIpc) is 2.75. The van der Waals surface area contributed by atoms with Gasteiger partial charge in [-0.05, 0) is 23.5 Å². The number of carbonyl (C=O) groups is 1. The van der Waals surface area contributed by atoms with Gasteiger partial charge in [-0.25, -0.2) is 0 Å². The van der Waals surface area contributed by atoms with E-state index in [1.165, 1.54) is 4.90 Å². The average molecular weight is 357 g/mol. The Bertz CT molecular complexity index is 532. The largest absolute Gasteiger partial charge is 0.530 e. The second-order valence-electron chi connectivity index (χ2n) is 9.28. The molecule has 1 N–H and O–H groups in total. The summed E-state index contributed by atoms with van der Waals surface area (Å²) in [7, 11) is -2.03. The summed E-state index contributed by atoms with van der Waals surface area (Å²) < 4.78 is 6.40. The van der Waals surface area contributed by atoms with Crippen LogP contribution >= 0.6 is 0 Å². The normalized spacial score (nSPS) is 25.5. The topological polar surface area (TPSA) is 103 Å². The third-order valence-electron chi connectivity index (χ3n) is 5.80. The van der Waals surface area contributed by atoms with Crippen molar-refractivity contribution < 1.29 is 14.3 Å². The van der Waals surface area contributed by atoms with E-state index in [2.05, 4.69) is 43.9 Å². The summed E-state index contributed by atoms with van der Waals surface area (Å²) in [5, 5.41) is 15.7. The van der Waals surface area contributed by atoms with Crippen LogP contribution in [-0.4, -0.2) is 44.0 Å². The molecule has 0 aliphatic carbocycles. The van der Waals surface area contributed by atoms with Gasteiger partial charge in [-0.2, -0.15) is 0 Å². The van der Waals surface area contributed by atoms with Crippen LogP contribution in [0.1, 0.15) is 48.0 Å². The molecular weight excluding hydrogens is 324 g/mol. The SMILES string of the molecule is CC(C)(C)[C@]1(CO[Si](C)(C)C(C)(C)C)C[C@H](N=[N+]=N)CN1C(=O)[O-]. The molecule has 7 nitrogen and oxygen atoms in total. The van der Waals surface area contributed by atoms with Crippen molar-refractivity contribution in [3.8, 4) is 0 Å². The summed E-state index contributed by atoms with van der Waals surface area (Å²) in [6, 6.07) is -0.331. The molecule has 0 aromatic carbocycles. The summed E-state index contributed by atoms with van der Waals surface area (Å²) in [5.41, 5.74) is 5.87. The van der Waals surface area contributed by atoms with Gasteiger partial charge in [-0.3, -0.25) is 0 Å². The lowest BCUT2D eigenvalue weighted by molar-refractivity contribution is -0.273. The summed E-state index contributed by atoms with van der Waals surface area (Å²) in [6.07, 6.45) is -0.729. The molecule has 1 aliphatic heterocycles. The van der Waals surface area contributed by atoms with Crippen molar-refractivity contribution in [1.82, 2.24) is 9.81 Å². The summed E-state index contributed by atoms with van der Waals surface area (Å²) in [5.74, 6) is 0. The lowest BCUT2D eigenvalue weighted by Crippen LogP contribution is -2.62. The van der Waals surface area contributed by atoms with E-state index in [1.54, 1.807) is 0 Å². The van der Waals surface area contributed by atoms with Crippen molar-refractivity contribution in [3.63, 3.8) is 0 Å². The van der Waals surface area contributed by atoms with Gasteiger partial charge in [-0.15, -0.1) is 0 Å². The van der Waals surface area contributed by atoms with Crippen molar-refractivity contribution in [3.05, 3.63) is 0 Å². The van der Waals surface area contributed by atoms with Crippen LogP contribution < -0.4 is 10.0 Å². The minimum atomic E-state index is -2.03. The van der Waals surface area contributed by atoms with E-state index in [9.17, 15) is 9.90 Å². The molecule has 1 heterocycles. The molecule has 0 bridgehead atoms. The van der Waals surface area contributed by atoms with Crippen LogP contribution in [0.3, 0.4) is 0 Å². The minimum absolute atomic E-state index is 0.0390. The molecule has 1 fully saturated rings. The smallest absolute Gasteiger partial charge is 0.214 e. The number of carbonyl (C=O) groups excluding carboxylic acids is 1.